The van der Waals surface area contributed by atoms with Crippen molar-refractivity contribution >= 4 is 11.4 Å². The number of Topliss-reactive ketones (excluding diaryl/α,β-unsaturated/α-hetero) is 1. The Morgan fingerprint density at radius 1 is 1.26 bits per heavy atom. The first kappa shape index (κ1) is 24.1. The topological polar surface area (TPSA) is 73.1 Å². The molecule has 1 saturated carbocycles. The highest BCUT2D eigenvalue weighted by molar-refractivity contribution is 6.02. The van der Waals surface area contributed by atoms with Gasteiger partial charge < -0.3 is 14.6 Å². The van der Waals surface area contributed by atoms with Crippen LogP contribution in [0.15, 0.2) is 36.7 Å². The van der Waals surface area contributed by atoms with Gasteiger partial charge in [0.05, 0.1) is 25.1 Å². The van der Waals surface area contributed by atoms with Crippen molar-refractivity contribution in [1.82, 2.24) is 9.38 Å². The Bertz CT molecular complexity index is 1200. The quantitative estimate of drug-likeness (QED) is 0.387. The normalized spacial score (nSPS) is 15.1. The van der Waals surface area contributed by atoms with Gasteiger partial charge in [-0.25, -0.2) is 4.98 Å². The first-order chi connectivity index (χ1) is 16.1. The molecule has 1 atom stereocenters. The molecule has 4 rings (SSSR count). The van der Waals surface area contributed by atoms with Gasteiger partial charge in [-0.05, 0) is 55.0 Å². The van der Waals surface area contributed by atoms with Crippen molar-refractivity contribution < 1.29 is 28.2 Å². The van der Waals surface area contributed by atoms with E-state index >= 15 is 0 Å². The minimum atomic E-state index is -3.08. The van der Waals surface area contributed by atoms with Crippen LogP contribution in [0.2, 0.25) is 0 Å². The van der Waals surface area contributed by atoms with E-state index in [4.69, 9.17) is 9.47 Å². The van der Waals surface area contributed by atoms with E-state index in [1.54, 1.807) is 12.3 Å². The molecule has 182 valence electrons. The van der Waals surface area contributed by atoms with Crippen molar-refractivity contribution in [3.05, 3.63) is 47.8 Å². The van der Waals surface area contributed by atoms with Crippen LogP contribution in [0.25, 0.3) is 16.9 Å². The first-order valence-corrected chi connectivity index (χ1v) is 11.5. The summed E-state index contributed by atoms with van der Waals surface area (Å²) in [5, 5.41) is 10.4. The molecule has 1 N–H and O–H groups in total. The van der Waals surface area contributed by atoms with E-state index in [1.807, 2.05) is 43.5 Å². The van der Waals surface area contributed by atoms with Crippen molar-refractivity contribution in [1.29, 1.82) is 0 Å². The predicted molar refractivity (Wildman–Crippen MR) is 125 cm³/mol. The zero-order chi connectivity index (χ0) is 24.6. The molecule has 1 aromatic carbocycles. The zero-order valence-corrected chi connectivity index (χ0v) is 19.8. The number of rotatable bonds is 10. The Hall–Kier alpha value is -3.00. The number of imidazole rings is 1. The lowest BCUT2D eigenvalue weighted by Gasteiger charge is -2.30. The molecule has 0 amide bonds. The van der Waals surface area contributed by atoms with Crippen LogP contribution < -0.4 is 9.47 Å². The van der Waals surface area contributed by atoms with Crippen molar-refractivity contribution in [2.24, 2.45) is 5.92 Å². The van der Waals surface area contributed by atoms with E-state index in [9.17, 15) is 18.7 Å². The number of aromatic nitrogens is 2. The Kier molecular flexibility index (Phi) is 6.62. The molecule has 0 radical (unpaired) electrons. The first-order valence-electron chi connectivity index (χ1n) is 11.5. The molecule has 0 saturated heterocycles. The average Bonchev–Trinajstić information content (AvgIpc) is 3.51. The number of carbonyl (C=O) groups is 1. The van der Waals surface area contributed by atoms with Gasteiger partial charge in [0.15, 0.2) is 5.78 Å². The van der Waals surface area contributed by atoms with Crippen LogP contribution in [0, 0.1) is 5.92 Å². The molecule has 6 nitrogen and oxygen atoms in total. The maximum atomic E-state index is 13.2. The summed E-state index contributed by atoms with van der Waals surface area (Å²) in [6.07, 6.45) is 5.80. The Labute approximate surface area is 197 Å². The fourth-order valence-corrected chi connectivity index (χ4v) is 4.35. The maximum Gasteiger partial charge on any atom is 0.387 e. The molecule has 3 aromatic rings. The highest BCUT2D eigenvalue weighted by atomic mass is 19.3. The smallest absolute Gasteiger partial charge is 0.387 e. The Morgan fingerprint density at radius 2 is 1.97 bits per heavy atom. The maximum absolute atomic E-state index is 13.2. The molecular formula is C26H30F2N2O4. The number of methoxy groups -OCH3 is 1. The fraction of sp³-hybridized carbons (Fsp3) is 0.462. The molecule has 34 heavy (non-hydrogen) atoms. The molecule has 0 bridgehead atoms. The molecule has 0 spiro atoms. The summed E-state index contributed by atoms with van der Waals surface area (Å²) in [4.78, 5) is 17.3. The number of aliphatic hydroxyl groups is 1. The second kappa shape index (κ2) is 9.33. The number of hydrogen-bond donors (Lipinski definition) is 1. The van der Waals surface area contributed by atoms with Gasteiger partial charge in [-0.3, -0.25) is 9.20 Å². The number of aliphatic hydroxyl groups excluding tert-OH is 1. The highest BCUT2D eigenvalue weighted by Crippen LogP contribution is 2.40. The number of nitrogens with zero attached hydrogens (tertiary/aromatic N) is 2. The van der Waals surface area contributed by atoms with Gasteiger partial charge in [0.25, 0.3) is 0 Å². The second-order valence-electron chi connectivity index (χ2n) is 9.43. The number of halogens is 2. The van der Waals surface area contributed by atoms with Crippen LogP contribution in [-0.2, 0) is 5.41 Å². The molecule has 1 unspecified atom stereocenters. The Morgan fingerprint density at radius 3 is 2.59 bits per heavy atom. The monoisotopic (exact) mass is 472 g/mol. The van der Waals surface area contributed by atoms with Gasteiger partial charge in [-0.2, -0.15) is 8.78 Å². The van der Waals surface area contributed by atoms with Crippen LogP contribution in [0.1, 0.15) is 62.4 Å². The number of ketones is 1. The van der Waals surface area contributed by atoms with Crippen molar-refractivity contribution in [3.8, 4) is 22.8 Å². The van der Waals surface area contributed by atoms with Crippen molar-refractivity contribution in [3.63, 3.8) is 0 Å². The van der Waals surface area contributed by atoms with Gasteiger partial charge in [0.1, 0.15) is 22.7 Å². The summed E-state index contributed by atoms with van der Waals surface area (Å²) in [7, 11) is 1.40. The summed E-state index contributed by atoms with van der Waals surface area (Å²) in [5.74, 6) is 0.0205. The molecular weight excluding hydrogens is 442 g/mol. The molecule has 1 fully saturated rings. The molecule has 1 aliphatic carbocycles. The van der Waals surface area contributed by atoms with E-state index in [2.05, 4.69) is 4.98 Å². The minimum Gasteiger partial charge on any atom is -0.496 e. The molecule has 1 aliphatic rings. The van der Waals surface area contributed by atoms with Crippen LogP contribution in [0.3, 0.4) is 0 Å². The number of hydrogen-bond acceptors (Lipinski definition) is 5. The highest BCUT2D eigenvalue weighted by Gasteiger charge is 2.31. The van der Waals surface area contributed by atoms with Gasteiger partial charge in [-0.1, -0.05) is 20.8 Å². The SMILES string of the molecule is CCC(O)C(C)(C)c1ccn2c(-c3cc(OC)c(C(=O)CC4CC4)c(OC(F)F)c3)cnc2c1. The fourth-order valence-electron chi connectivity index (χ4n) is 4.35. The van der Waals surface area contributed by atoms with Crippen LogP contribution in [-0.4, -0.2) is 40.1 Å². The molecule has 0 aliphatic heterocycles. The standard InChI is InChI=1S/C26H30F2N2O4/c1-5-22(32)26(2,3)17-8-9-30-18(14-29-23(30)13-17)16-11-20(33-4)24(19(31)10-15-6-7-15)21(12-16)34-25(27)28/h8-9,11-15,22,25,32H,5-7,10H2,1-4H3. The van der Waals surface area contributed by atoms with Crippen LogP contribution >= 0.6 is 0 Å². The number of fused-ring (bicyclic) bond motifs is 1. The summed E-state index contributed by atoms with van der Waals surface area (Å²) >= 11 is 0. The third-order valence-corrected chi connectivity index (χ3v) is 6.72. The molecule has 2 aromatic heterocycles. The van der Waals surface area contributed by atoms with Crippen molar-refractivity contribution in [2.45, 2.75) is 64.6 Å². The minimum absolute atomic E-state index is 0.0462. The zero-order valence-electron chi connectivity index (χ0n) is 19.8. The predicted octanol–water partition coefficient (Wildman–Crippen LogP) is 5.64. The summed E-state index contributed by atoms with van der Waals surface area (Å²) in [6.45, 7) is 2.81. The lowest BCUT2D eigenvalue weighted by Crippen LogP contribution is -2.33. The number of alkyl halides is 2. The van der Waals surface area contributed by atoms with Gasteiger partial charge in [-0.15, -0.1) is 0 Å². The lowest BCUT2D eigenvalue weighted by molar-refractivity contribution is -0.0502. The number of carbonyl (C=O) groups excluding carboxylic acids is 1. The molecule has 8 heteroatoms. The largest absolute Gasteiger partial charge is 0.496 e. The van der Waals surface area contributed by atoms with Gasteiger partial charge in [0.2, 0.25) is 0 Å². The van der Waals surface area contributed by atoms with E-state index < -0.39 is 18.1 Å². The molecule has 2 heterocycles. The lowest BCUT2D eigenvalue weighted by atomic mass is 9.79. The second-order valence-corrected chi connectivity index (χ2v) is 9.43. The summed E-state index contributed by atoms with van der Waals surface area (Å²) in [5.41, 5.74) is 2.33. The van der Waals surface area contributed by atoms with Crippen LogP contribution in [0.4, 0.5) is 8.78 Å². The van der Waals surface area contributed by atoms with E-state index in [0.717, 1.165) is 18.4 Å². The average molecular weight is 473 g/mol. The number of pyridine rings is 1. The summed E-state index contributed by atoms with van der Waals surface area (Å²) < 4.78 is 38.5. The third kappa shape index (κ3) is 4.64. The van der Waals surface area contributed by atoms with Crippen LogP contribution in [0.5, 0.6) is 11.5 Å². The third-order valence-electron chi connectivity index (χ3n) is 6.72. The van der Waals surface area contributed by atoms with Crippen molar-refractivity contribution in [2.75, 3.05) is 7.11 Å². The number of benzene rings is 1. The van der Waals surface area contributed by atoms with E-state index in [1.165, 1.54) is 13.2 Å². The van der Waals surface area contributed by atoms with E-state index in [0.29, 0.717) is 29.2 Å². The number of ether oxygens (including phenoxy) is 2. The van der Waals surface area contributed by atoms with E-state index in [-0.39, 0.29) is 29.3 Å². The Balaban J connectivity index is 1.79. The summed E-state index contributed by atoms with van der Waals surface area (Å²) in [6, 6.07) is 6.92. The van der Waals surface area contributed by atoms with Gasteiger partial charge in [0, 0.05) is 23.6 Å². The van der Waals surface area contributed by atoms with Gasteiger partial charge >= 0.3 is 6.61 Å².